The first-order valence-electron chi connectivity index (χ1n) is 3.33. The predicted octanol–water partition coefficient (Wildman–Crippen LogP) is 1.10. The van der Waals surface area contributed by atoms with Crippen LogP contribution in [0.3, 0.4) is 0 Å². The van der Waals surface area contributed by atoms with Gasteiger partial charge in [-0.1, -0.05) is 29.8 Å². The van der Waals surface area contributed by atoms with E-state index in [9.17, 15) is 9.90 Å². The van der Waals surface area contributed by atoms with Crippen molar-refractivity contribution in [2.24, 2.45) is 0 Å². The molecule has 0 unspecified atom stereocenters. The molecule has 0 radical (unpaired) electrons. The minimum atomic E-state index is -1.20. The third-order valence-electron chi connectivity index (χ3n) is 1.28. The molecule has 0 heterocycles. The first kappa shape index (κ1) is 12.5. The molecule has 0 saturated heterocycles. The van der Waals surface area contributed by atoms with Crippen LogP contribution in [0.1, 0.15) is 5.56 Å². The molecule has 0 bridgehead atoms. The van der Waals surface area contributed by atoms with E-state index in [0.29, 0.717) is 5.02 Å². The largest absolute Gasteiger partial charge is 1.00 e. The Labute approximate surface area is 96.7 Å². The fraction of sp³-hybridized carbons (Fsp3) is 0. The van der Waals surface area contributed by atoms with E-state index in [1.54, 1.807) is 24.3 Å². The summed E-state index contributed by atoms with van der Waals surface area (Å²) < 4.78 is 0. The van der Waals surface area contributed by atoms with E-state index in [0.717, 1.165) is 11.6 Å². The molecule has 4 heteroatoms. The molecular formula is C9H6AgClO2. The standard InChI is InChI=1S/C9H7ClO2.Ag/c10-8-4-1-7(2-5-8)3-6-9(11)12;/h1-6H,(H,11,12);/q;+1/p-1. The van der Waals surface area contributed by atoms with E-state index >= 15 is 0 Å². The second kappa shape index (κ2) is 6.00. The van der Waals surface area contributed by atoms with E-state index in [1.807, 2.05) is 0 Å². The summed E-state index contributed by atoms with van der Waals surface area (Å²) in [7, 11) is 0. The van der Waals surface area contributed by atoms with E-state index in [-0.39, 0.29) is 22.4 Å². The summed E-state index contributed by atoms with van der Waals surface area (Å²) in [6.45, 7) is 0. The van der Waals surface area contributed by atoms with Gasteiger partial charge in [0, 0.05) is 5.02 Å². The van der Waals surface area contributed by atoms with Gasteiger partial charge in [0.15, 0.2) is 0 Å². The van der Waals surface area contributed by atoms with Gasteiger partial charge in [-0.3, -0.25) is 0 Å². The molecule has 0 saturated carbocycles. The van der Waals surface area contributed by atoms with Crippen molar-refractivity contribution in [2.45, 2.75) is 0 Å². The zero-order valence-electron chi connectivity index (χ0n) is 6.46. The summed E-state index contributed by atoms with van der Waals surface area (Å²) in [6, 6.07) is 6.83. The number of halogens is 1. The topological polar surface area (TPSA) is 40.1 Å². The fourth-order valence-electron chi connectivity index (χ4n) is 0.738. The molecule has 1 rings (SSSR count). The summed E-state index contributed by atoms with van der Waals surface area (Å²) in [6.07, 6.45) is 2.43. The molecule has 1 aromatic rings. The van der Waals surface area contributed by atoms with Crippen molar-refractivity contribution < 1.29 is 32.3 Å². The number of aliphatic carboxylic acids is 1. The average molecular weight is 289 g/mol. The van der Waals surface area contributed by atoms with Crippen LogP contribution in [0.5, 0.6) is 0 Å². The van der Waals surface area contributed by atoms with E-state index in [1.165, 1.54) is 6.08 Å². The van der Waals surface area contributed by atoms with Gasteiger partial charge in [0.2, 0.25) is 0 Å². The molecule has 0 aliphatic rings. The summed E-state index contributed by atoms with van der Waals surface area (Å²) in [5, 5.41) is 10.6. The molecule has 0 aromatic heterocycles. The maximum absolute atomic E-state index is 10.0. The summed E-state index contributed by atoms with van der Waals surface area (Å²) in [5.41, 5.74) is 0.781. The summed E-state index contributed by atoms with van der Waals surface area (Å²) in [5.74, 6) is -1.20. The van der Waals surface area contributed by atoms with Crippen molar-refractivity contribution >= 4 is 23.6 Å². The number of hydrogen-bond acceptors (Lipinski definition) is 2. The van der Waals surface area contributed by atoms with Crippen molar-refractivity contribution in [1.82, 2.24) is 0 Å². The fourth-order valence-corrected chi connectivity index (χ4v) is 0.864. The molecule has 72 valence electrons. The third kappa shape index (κ3) is 4.91. The molecule has 0 spiro atoms. The van der Waals surface area contributed by atoms with Gasteiger partial charge in [-0.05, 0) is 23.8 Å². The first-order chi connectivity index (χ1) is 5.68. The minimum Gasteiger partial charge on any atom is -0.545 e. The molecule has 0 aliphatic heterocycles. The maximum atomic E-state index is 10.0. The van der Waals surface area contributed by atoms with Crippen LogP contribution in [0.15, 0.2) is 30.3 Å². The number of carboxylic acid groups (broad SMARTS) is 1. The molecule has 0 aliphatic carbocycles. The van der Waals surface area contributed by atoms with Crippen LogP contribution in [0.4, 0.5) is 0 Å². The number of benzene rings is 1. The van der Waals surface area contributed by atoms with Crippen LogP contribution >= 0.6 is 11.6 Å². The normalized spacial score (nSPS) is 9.62. The number of hydrogen-bond donors (Lipinski definition) is 0. The van der Waals surface area contributed by atoms with Gasteiger partial charge in [0.05, 0.1) is 5.97 Å². The first-order valence-corrected chi connectivity index (χ1v) is 3.71. The Hall–Kier alpha value is -0.540. The van der Waals surface area contributed by atoms with E-state index in [2.05, 4.69) is 0 Å². The second-order valence-electron chi connectivity index (χ2n) is 2.20. The molecule has 0 atom stereocenters. The van der Waals surface area contributed by atoms with Gasteiger partial charge in [-0.25, -0.2) is 0 Å². The quantitative estimate of drug-likeness (QED) is 0.604. The molecule has 0 fully saturated rings. The Morgan fingerprint density at radius 3 is 2.31 bits per heavy atom. The smallest absolute Gasteiger partial charge is 0.545 e. The summed E-state index contributed by atoms with van der Waals surface area (Å²) >= 11 is 5.62. The second-order valence-corrected chi connectivity index (χ2v) is 2.64. The number of carbonyl (C=O) groups excluding carboxylic acids is 1. The molecule has 13 heavy (non-hydrogen) atoms. The van der Waals surface area contributed by atoms with Crippen molar-refractivity contribution in [2.75, 3.05) is 0 Å². The zero-order chi connectivity index (χ0) is 8.97. The monoisotopic (exact) mass is 288 g/mol. The predicted molar refractivity (Wildman–Crippen MR) is 45.5 cm³/mol. The SMILES string of the molecule is O=C([O-])C=Cc1ccc(Cl)cc1.[Ag+]. The summed E-state index contributed by atoms with van der Waals surface area (Å²) in [4.78, 5) is 10.0. The van der Waals surface area contributed by atoms with Gasteiger partial charge in [0.25, 0.3) is 0 Å². The van der Waals surface area contributed by atoms with Crippen molar-refractivity contribution in [1.29, 1.82) is 0 Å². The third-order valence-corrected chi connectivity index (χ3v) is 1.53. The van der Waals surface area contributed by atoms with Gasteiger partial charge in [-0.2, -0.15) is 0 Å². The molecule has 2 nitrogen and oxygen atoms in total. The number of carboxylic acids is 1. The number of carbonyl (C=O) groups is 1. The van der Waals surface area contributed by atoms with Crippen LogP contribution in [0.25, 0.3) is 6.08 Å². The van der Waals surface area contributed by atoms with Crippen LogP contribution in [-0.2, 0) is 27.2 Å². The van der Waals surface area contributed by atoms with Crippen LogP contribution in [0.2, 0.25) is 5.02 Å². The van der Waals surface area contributed by atoms with Crippen LogP contribution in [0, 0.1) is 0 Å². The van der Waals surface area contributed by atoms with Gasteiger partial charge in [0.1, 0.15) is 0 Å². The maximum Gasteiger partial charge on any atom is 1.00 e. The Kier molecular flexibility index (Phi) is 5.75. The van der Waals surface area contributed by atoms with E-state index in [4.69, 9.17) is 11.6 Å². The van der Waals surface area contributed by atoms with Crippen molar-refractivity contribution in [3.63, 3.8) is 0 Å². The van der Waals surface area contributed by atoms with Gasteiger partial charge in [-0.15, -0.1) is 0 Å². The van der Waals surface area contributed by atoms with Gasteiger partial charge >= 0.3 is 22.4 Å². The Morgan fingerprint density at radius 2 is 1.85 bits per heavy atom. The molecule has 0 N–H and O–H groups in total. The zero-order valence-corrected chi connectivity index (χ0v) is 8.70. The van der Waals surface area contributed by atoms with Crippen molar-refractivity contribution in [3.8, 4) is 0 Å². The number of rotatable bonds is 2. The Morgan fingerprint density at radius 1 is 1.31 bits per heavy atom. The Balaban J connectivity index is 0.00000144. The molecule has 1 aromatic carbocycles. The molecule has 0 amide bonds. The van der Waals surface area contributed by atoms with Gasteiger partial charge < -0.3 is 9.90 Å². The Bertz CT molecular complexity index is 306. The van der Waals surface area contributed by atoms with Crippen LogP contribution < -0.4 is 5.11 Å². The molecular weight excluding hydrogens is 283 g/mol. The average Bonchev–Trinajstić information content (AvgIpc) is 2.03. The van der Waals surface area contributed by atoms with Crippen LogP contribution in [-0.4, -0.2) is 5.97 Å². The van der Waals surface area contributed by atoms with E-state index < -0.39 is 5.97 Å². The minimum absolute atomic E-state index is 0. The van der Waals surface area contributed by atoms with Crippen molar-refractivity contribution in [3.05, 3.63) is 40.9 Å².